The van der Waals surface area contributed by atoms with Crippen LogP contribution in [-0.2, 0) is 16.4 Å². The summed E-state index contributed by atoms with van der Waals surface area (Å²) in [7, 11) is -3.55. The minimum absolute atomic E-state index is 0.297. The summed E-state index contributed by atoms with van der Waals surface area (Å²) in [5.74, 6) is 0.781. The van der Waals surface area contributed by atoms with Gasteiger partial charge in [0.15, 0.2) is 0 Å². The average Bonchev–Trinajstić information content (AvgIpc) is 2.61. The van der Waals surface area contributed by atoms with Gasteiger partial charge in [-0.05, 0) is 62.1 Å². The molecule has 0 saturated carbocycles. The van der Waals surface area contributed by atoms with Crippen molar-refractivity contribution in [2.45, 2.75) is 51.0 Å². The molecule has 0 bridgehead atoms. The molecule has 1 unspecified atom stereocenters. The Bertz CT molecular complexity index is 753. The van der Waals surface area contributed by atoms with Crippen LogP contribution in [-0.4, -0.2) is 15.0 Å². The largest absolute Gasteiger partial charge is 0.494 e. The second kappa shape index (κ2) is 9.02. The van der Waals surface area contributed by atoms with E-state index < -0.39 is 10.0 Å². The topological polar surface area (TPSA) is 55.4 Å². The monoisotopic (exact) mass is 361 g/mol. The Labute approximate surface area is 151 Å². The molecule has 0 aliphatic carbocycles. The van der Waals surface area contributed by atoms with Crippen LogP contribution in [0, 0.1) is 0 Å². The predicted octanol–water partition coefficient (Wildman–Crippen LogP) is 4.47. The van der Waals surface area contributed by atoms with Gasteiger partial charge in [-0.1, -0.05) is 37.6 Å². The Hall–Kier alpha value is -1.85. The van der Waals surface area contributed by atoms with Gasteiger partial charge in [0.05, 0.1) is 11.5 Å². The number of nitrogens with one attached hydrogen (secondary N) is 1. The molecule has 0 radical (unpaired) electrons. The molecule has 4 nitrogen and oxygen atoms in total. The van der Waals surface area contributed by atoms with Crippen molar-refractivity contribution in [1.82, 2.24) is 4.72 Å². The fourth-order valence-electron chi connectivity index (χ4n) is 2.60. The summed E-state index contributed by atoms with van der Waals surface area (Å²) in [5, 5.41) is 0. The third-order valence-corrected chi connectivity index (χ3v) is 5.63. The van der Waals surface area contributed by atoms with Gasteiger partial charge in [0.2, 0.25) is 10.0 Å². The molecule has 1 N–H and O–H groups in total. The molecule has 0 amide bonds. The van der Waals surface area contributed by atoms with Crippen molar-refractivity contribution in [2.75, 3.05) is 6.61 Å². The Morgan fingerprint density at radius 2 is 1.64 bits per heavy atom. The van der Waals surface area contributed by atoms with Crippen LogP contribution in [0.3, 0.4) is 0 Å². The maximum absolute atomic E-state index is 12.6. The van der Waals surface area contributed by atoms with Gasteiger partial charge in [0.25, 0.3) is 0 Å². The van der Waals surface area contributed by atoms with E-state index in [1.54, 1.807) is 12.1 Å². The van der Waals surface area contributed by atoms with E-state index in [2.05, 4.69) is 11.6 Å². The van der Waals surface area contributed by atoms with Crippen LogP contribution in [0.4, 0.5) is 0 Å². The first-order valence-corrected chi connectivity index (χ1v) is 10.3. The van der Waals surface area contributed by atoms with E-state index in [0.717, 1.165) is 30.6 Å². The molecule has 1 atom stereocenters. The van der Waals surface area contributed by atoms with Gasteiger partial charge in [-0.3, -0.25) is 0 Å². The predicted molar refractivity (Wildman–Crippen MR) is 101 cm³/mol. The Morgan fingerprint density at radius 1 is 1.00 bits per heavy atom. The number of rotatable bonds is 9. The molecule has 25 heavy (non-hydrogen) atoms. The lowest BCUT2D eigenvalue weighted by Gasteiger charge is -2.15. The number of hydrogen-bond acceptors (Lipinski definition) is 3. The molecule has 5 heteroatoms. The van der Waals surface area contributed by atoms with Crippen molar-refractivity contribution in [3.63, 3.8) is 0 Å². The summed E-state index contributed by atoms with van der Waals surface area (Å²) in [6.07, 6.45) is 3.22. The summed E-state index contributed by atoms with van der Waals surface area (Å²) in [5.41, 5.74) is 2.06. The van der Waals surface area contributed by atoms with Crippen molar-refractivity contribution >= 4 is 10.0 Å². The second-order valence-corrected chi connectivity index (χ2v) is 7.81. The smallest absolute Gasteiger partial charge is 0.241 e. The summed E-state index contributed by atoms with van der Waals surface area (Å²) >= 11 is 0. The molecule has 0 aromatic heterocycles. The Morgan fingerprint density at radius 3 is 2.20 bits per heavy atom. The number of sulfonamides is 1. The molecule has 0 aliphatic rings. The van der Waals surface area contributed by atoms with Crippen LogP contribution in [0.15, 0.2) is 53.4 Å². The second-order valence-electron chi connectivity index (χ2n) is 6.09. The maximum atomic E-state index is 12.6. The fourth-order valence-corrected chi connectivity index (χ4v) is 3.84. The third kappa shape index (κ3) is 5.58. The molecule has 0 aliphatic heterocycles. The van der Waals surface area contributed by atoms with Crippen LogP contribution < -0.4 is 9.46 Å². The highest BCUT2D eigenvalue weighted by molar-refractivity contribution is 7.89. The van der Waals surface area contributed by atoms with E-state index in [1.807, 2.05) is 50.2 Å². The van der Waals surface area contributed by atoms with Crippen LogP contribution in [0.2, 0.25) is 0 Å². The summed E-state index contributed by atoms with van der Waals surface area (Å²) in [6, 6.07) is 14.3. The van der Waals surface area contributed by atoms with E-state index in [9.17, 15) is 8.42 Å². The summed E-state index contributed by atoms with van der Waals surface area (Å²) in [6.45, 7) is 6.52. The highest BCUT2D eigenvalue weighted by atomic mass is 32.2. The quantitative estimate of drug-likeness (QED) is 0.717. The highest BCUT2D eigenvalue weighted by Gasteiger charge is 2.18. The van der Waals surface area contributed by atoms with Gasteiger partial charge in [-0.15, -0.1) is 0 Å². The van der Waals surface area contributed by atoms with Crippen molar-refractivity contribution < 1.29 is 13.2 Å². The lowest BCUT2D eigenvalue weighted by atomic mass is 10.1. The normalized spacial score (nSPS) is 12.8. The molecule has 2 aromatic rings. The third-order valence-electron chi connectivity index (χ3n) is 4.08. The van der Waals surface area contributed by atoms with Crippen molar-refractivity contribution in [3.05, 3.63) is 59.7 Å². The van der Waals surface area contributed by atoms with Gasteiger partial charge < -0.3 is 4.74 Å². The van der Waals surface area contributed by atoms with Crippen LogP contribution >= 0.6 is 0 Å². The van der Waals surface area contributed by atoms with Crippen LogP contribution in [0.5, 0.6) is 5.75 Å². The number of ether oxygens (including phenoxy) is 1. The van der Waals surface area contributed by atoms with E-state index in [1.165, 1.54) is 5.56 Å². The van der Waals surface area contributed by atoms with E-state index in [4.69, 9.17) is 4.74 Å². The maximum Gasteiger partial charge on any atom is 0.241 e. The first-order chi connectivity index (χ1) is 12.0. The summed E-state index contributed by atoms with van der Waals surface area (Å²) in [4.78, 5) is 0.297. The first-order valence-electron chi connectivity index (χ1n) is 8.80. The minimum atomic E-state index is -3.55. The number of benzene rings is 2. The van der Waals surface area contributed by atoms with Gasteiger partial charge in [0.1, 0.15) is 5.75 Å². The zero-order valence-electron chi connectivity index (χ0n) is 15.2. The fraction of sp³-hybridized carbons (Fsp3) is 0.400. The molecule has 0 heterocycles. The zero-order valence-corrected chi connectivity index (χ0v) is 16.0. The zero-order chi connectivity index (χ0) is 18.3. The van der Waals surface area contributed by atoms with Gasteiger partial charge >= 0.3 is 0 Å². The SMILES string of the molecule is CCCCc1ccc(S(=O)(=O)NC(C)c2ccc(OCC)cc2)cc1. The lowest BCUT2D eigenvalue weighted by molar-refractivity contribution is 0.340. The molecule has 2 aromatic carbocycles. The van der Waals surface area contributed by atoms with Gasteiger partial charge in [-0.25, -0.2) is 13.1 Å². The van der Waals surface area contributed by atoms with Crippen LogP contribution in [0.25, 0.3) is 0 Å². The number of hydrogen-bond donors (Lipinski definition) is 1. The molecular formula is C20H27NO3S. The Balaban J connectivity index is 2.06. The standard InChI is InChI=1S/C20H27NO3S/c1-4-6-7-17-8-14-20(15-9-17)25(22,23)21-16(3)18-10-12-19(13-11-18)24-5-2/h8-16,21H,4-7H2,1-3H3. The van der Waals surface area contributed by atoms with Crippen molar-refractivity contribution in [1.29, 1.82) is 0 Å². The summed E-state index contributed by atoms with van der Waals surface area (Å²) < 4.78 is 33.3. The highest BCUT2D eigenvalue weighted by Crippen LogP contribution is 2.20. The van der Waals surface area contributed by atoms with Crippen LogP contribution in [0.1, 0.15) is 50.8 Å². The van der Waals surface area contributed by atoms with E-state index >= 15 is 0 Å². The van der Waals surface area contributed by atoms with Gasteiger partial charge in [-0.2, -0.15) is 0 Å². The number of unbranched alkanes of at least 4 members (excludes halogenated alkanes) is 1. The van der Waals surface area contributed by atoms with Crippen molar-refractivity contribution in [2.24, 2.45) is 0 Å². The van der Waals surface area contributed by atoms with E-state index in [0.29, 0.717) is 11.5 Å². The van der Waals surface area contributed by atoms with E-state index in [-0.39, 0.29) is 6.04 Å². The molecule has 2 rings (SSSR count). The molecule has 0 fully saturated rings. The van der Waals surface area contributed by atoms with Gasteiger partial charge in [0, 0.05) is 6.04 Å². The molecule has 136 valence electrons. The molecular weight excluding hydrogens is 334 g/mol. The number of aryl methyl sites for hydroxylation is 1. The van der Waals surface area contributed by atoms with Crippen molar-refractivity contribution in [3.8, 4) is 5.75 Å². The Kier molecular flexibility index (Phi) is 7.02. The minimum Gasteiger partial charge on any atom is -0.494 e. The first kappa shape index (κ1) is 19.5. The average molecular weight is 362 g/mol. The molecule has 0 spiro atoms. The lowest BCUT2D eigenvalue weighted by Crippen LogP contribution is -2.26. The molecule has 0 saturated heterocycles.